The van der Waals surface area contributed by atoms with E-state index in [4.69, 9.17) is 0 Å². The van der Waals surface area contributed by atoms with Crippen molar-refractivity contribution in [1.29, 1.82) is 0 Å². The summed E-state index contributed by atoms with van der Waals surface area (Å²) in [7, 11) is 0. The molecule has 3 heterocycles. The minimum Gasteiger partial charge on any atom is -0.336 e. The van der Waals surface area contributed by atoms with Crippen molar-refractivity contribution in [3.63, 3.8) is 0 Å². The van der Waals surface area contributed by atoms with Crippen LogP contribution in [0.4, 0.5) is 0 Å². The van der Waals surface area contributed by atoms with Crippen LogP contribution in [0.2, 0.25) is 0 Å². The average molecular weight is 382 g/mol. The molecule has 26 heavy (non-hydrogen) atoms. The number of nitrogens with zero attached hydrogens (tertiary/aromatic N) is 4. The highest BCUT2D eigenvalue weighted by Crippen LogP contribution is 2.24. The van der Waals surface area contributed by atoms with Gasteiger partial charge in [-0.05, 0) is 44.7 Å². The van der Waals surface area contributed by atoms with Gasteiger partial charge in [0.2, 0.25) is 0 Å². The normalized spacial score (nSPS) is 25.7. The van der Waals surface area contributed by atoms with E-state index in [2.05, 4.69) is 15.3 Å². The lowest BCUT2D eigenvalue weighted by molar-refractivity contribution is 0.0750. The summed E-state index contributed by atoms with van der Waals surface area (Å²) in [5.74, 6) is 0.107. The van der Waals surface area contributed by atoms with Gasteiger partial charge in [0.1, 0.15) is 5.69 Å². The van der Waals surface area contributed by atoms with E-state index in [1.165, 1.54) is 32.1 Å². The highest BCUT2D eigenvalue weighted by atomic mass is 35.5. The maximum atomic E-state index is 12.9. The smallest absolute Gasteiger partial charge is 0.274 e. The molecule has 0 spiro atoms. The van der Waals surface area contributed by atoms with E-state index < -0.39 is 0 Å². The van der Waals surface area contributed by atoms with Gasteiger partial charge in [0.05, 0.1) is 6.04 Å². The first-order valence-electron chi connectivity index (χ1n) is 10.1. The zero-order chi connectivity index (χ0) is 17.1. The third-order valence-electron chi connectivity index (χ3n) is 6.13. The Labute approximate surface area is 162 Å². The number of carbonyl (C=O) groups is 1. The number of piperidine rings is 1. The van der Waals surface area contributed by atoms with Gasteiger partial charge in [-0.15, -0.1) is 12.4 Å². The SMILES string of the molecule is Cl.O=C(c1ccn(C2CCCNC2)n1)N1CCCN(C2CCCC2)CC1. The standard InChI is InChI=1S/C19H31N5O.ClH/c25-19(18-8-12-24(21-18)17-7-3-9-20-15-17)23-11-4-10-22(13-14-23)16-5-1-2-6-16;/h8,12,16-17,20H,1-7,9-11,13-15H2;1H. The number of rotatable bonds is 3. The lowest BCUT2D eigenvalue weighted by Gasteiger charge is -2.27. The summed E-state index contributed by atoms with van der Waals surface area (Å²) < 4.78 is 1.99. The van der Waals surface area contributed by atoms with Gasteiger partial charge in [-0.25, -0.2) is 0 Å². The van der Waals surface area contributed by atoms with Crippen molar-refractivity contribution >= 4 is 18.3 Å². The van der Waals surface area contributed by atoms with Gasteiger partial charge in [-0.1, -0.05) is 12.8 Å². The predicted octanol–water partition coefficient (Wildman–Crippen LogP) is 2.32. The first-order valence-corrected chi connectivity index (χ1v) is 10.1. The van der Waals surface area contributed by atoms with Crippen LogP contribution in [-0.2, 0) is 0 Å². The van der Waals surface area contributed by atoms with Crippen molar-refractivity contribution < 1.29 is 4.79 Å². The Balaban J connectivity index is 0.00000196. The Morgan fingerprint density at radius 2 is 1.81 bits per heavy atom. The quantitative estimate of drug-likeness (QED) is 0.873. The van der Waals surface area contributed by atoms with Crippen molar-refractivity contribution in [1.82, 2.24) is 24.9 Å². The second-order valence-electron chi connectivity index (χ2n) is 7.80. The number of carbonyl (C=O) groups excluding carboxylic acids is 1. The molecule has 0 bridgehead atoms. The zero-order valence-electron chi connectivity index (χ0n) is 15.6. The van der Waals surface area contributed by atoms with Crippen LogP contribution in [-0.4, -0.2) is 70.8 Å². The van der Waals surface area contributed by atoms with Crippen LogP contribution in [0.15, 0.2) is 12.3 Å². The van der Waals surface area contributed by atoms with Gasteiger partial charge in [0.25, 0.3) is 5.91 Å². The molecule has 6 nitrogen and oxygen atoms in total. The van der Waals surface area contributed by atoms with E-state index in [1.54, 1.807) is 0 Å². The van der Waals surface area contributed by atoms with Crippen molar-refractivity contribution in [3.8, 4) is 0 Å². The number of hydrogen-bond acceptors (Lipinski definition) is 4. The molecule has 0 radical (unpaired) electrons. The molecule has 2 saturated heterocycles. The van der Waals surface area contributed by atoms with Crippen molar-refractivity contribution in [2.45, 2.75) is 57.0 Å². The molecule has 0 aromatic carbocycles. The molecule has 1 aliphatic carbocycles. The minimum absolute atomic E-state index is 0. The van der Waals surface area contributed by atoms with E-state index >= 15 is 0 Å². The number of amides is 1. The van der Waals surface area contributed by atoms with E-state index in [0.29, 0.717) is 11.7 Å². The van der Waals surface area contributed by atoms with E-state index in [9.17, 15) is 4.79 Å². The summed E-state index contributed by atoms with van der Waals surface area (Å²) in [6.07, 6.45) is 10.8. The summed E-state index contributed by atoms with van der Waals surface area (Å²) in [6, 6.07) is 3.04. The topological polar surface area (TPSA) is 53.4 Å². The maximum absolute atomic E-state index is 12.9. The molecule has 2 aliphatic heterocycles. The summed E-state index contributed by atoms with van der Waals surface area (Å²) in [5, 5.41) is 8.02. The van der Waals surface area contributed by atoms with Crippen LogP contribution < -0.4 is 5.32 Å². The predicted molar refractivity (Wildman–Crippen MR) is 105 cm³/mol. The van der Waals surface area contributed by atoms with Gasteiger partial charge >= 0.3 is 0 Å². The third-order valence-corrected chi connectivity index (χ3v) is 6.13. The zero-order valence-corrected chi connectivity index (χ0v) is 16.4. The summed E-state index contributed by atoms with van der Waals surface area (Å²) in [6.45, 7) is 5.90. The summed E-state index contributed by atoms with van der Waals surface area (Å²) in [5.41, 5.74) is 0.611. The van der Waals surface area contributed by atoms with Crippen molar-refractivity contribution in [2.75, 3.05) is 39.3 Å². The van der Waals surface area contributed by atoms with E-state index in [-0.39, 0.29) is 18.3 Å². The first-order chi connectivity index (χ1) is 12.3. The second kappa shape index (κ2) is 9.20. The molecule has 7 heteroatoms. The molecule has 1 unspecified atom stereocenters. The summed E-state index contributed by atoms with van der Waals surface area (Å²) in [4.78, 5) is 17.5. The molecule has 1 aromatic heterocycles. The molecule has 1 atom stereocenters. The molecule has 1 amide bonds. The van der Waals surface area contributed by atoms with Crippen LogP contribution in [0.5, 0.6) is 0 Å². The highest BCUT2D eigenvalue weighted by molar-refractivity contribution is 5.92. The highest BCUT2D eigenvalue weighted by Gasteiger charge is 2.27. The third kappa shape index (κ3) is 4.41. The minimum atomic E-state index is 0. The van der Waals surface area contributed by atoms with Gasteiger partial charge < -0.3 is 10.2 Å². The van der Waals surface area contributed by atoms with Gasteiger partial charge in [0.15, 0.2) is 0 Å². The Morgan fingerprint density at radius 1 is 1.00 bits per heavy atom. The van der Waals surface area contributed by atoms with Crippen LogP contribution in [0.25, 0.3) is 0 Å². The number of nitrogens with one attached hydrogen (secondary N) is 1. The lowest BCUT2D eigenvalue weighted by Crippen LogP contribution is -2.38. The van der Waals surface area contributed by atoms with Gasteiger partial charge in [-0.3, -0.25) is 14.4 Å². The van der Waals surface area contributed by atoms with Crippen molar-refractivity contribution in [2.24, 2.45) is 0 Å². The monoisotopic (exact) mass is 381 g/mol. The fourth-order valence-electron chi connectivity index (χ4n) is 4.65. The van der Waals surface area contributed by atoms with Crippen LogP contribution in [0.1, 0.15) is 61.5 Å². The fourth-order valence-corrected chi connectivity index (χ4v) is 4.65. The van der Waals surface area contributed by atoms with E-state index in [0.717, 1.165) is 58.2 Å². The van der Waals surface area contributed by atoms with Gasteiger partial charge in [0, 0.05) is 45.0 Å². The lowest BCUT2D eigenvalue weighted by atomic mass is 10.1. The molecule has 1 saturated carbocycles. The number of aromatic nitrogens is 2. The second-order valence-corrected chi connectivity index (χ2v) is 7.80. The number of hydrogen-bond donors (Lipinski definition) is 1. The van der Waals surface area contributed by atoms with Crippen LogP contribution >= 0.6 is 12.4 Å². The van der Waals surface area contributed by atoms with Gasteiger partial charge in [-0.2, -0.15) is 5.10 Å². The maximum Gasteiger partial charge on any atom is 0.274 e. The number of halogens is 1. The molecule has 3 aliphatic rings. The Hall–Kier alpha value is -1.11. The largest absolute Gasteiger partial charge is 0.336 e. The molecule has 1 N–H and O–H groups in total. The summed E-state index contributed by atoms with van der Waals surface area (Å²) >= 11 is 0. The van der Waals surface area contributed by atoms with Crippen LogP contribution in [0.3, 0.4) is 0 Å². The Bertz CT molecular complexity index is 580. The van der Waals surface area contributed by atoms with E-state index in [1.807, 2.05) is 21.8 Å². The molecular weight excluding hydrogens is 350 g/mol. The first kappa shape index (κ1) is 19.6. The molecule has 146 valence electrons. The molecule has 4 rings (SSSR count). The fraction of sp³-hybridized carbons (Fsp3) is 0.789. The molecule has 3 fully saturated rings. The average Bonchev–Trinajstić information content (AvgIpc) is 3.30. The Kier molecular flexibility index (Phi) is 6.95. The Morgan fingerprint density at radius 3 is 2.58 bits per heavy atom. The van der Waals surface area contributed by atoms with Crippen molar-refractivity contribution in [3.05, 3.63) is 18.0 Å². The molecule has 1 aromatic rings. The molecular formula is C19H32ClN5O. The van der Waals surface area contributed by atoms with Crippen LogP contribution in [0, 0.1) is 0 Å².